The van der Waals surface area contributed by atoms with Gasteiger partial charge in [0.15, 0.2) is 0 Å². The molecule has 0 aliphatic carbocycles. The molecule has 2 aliphatic heterocycles. The first-order valence-electron chi connectivity index (χ1n) is 9.36. The first kappa shape index (κ1) is 23.9. The highest BCUT2D eigenvalue weighted by Gasteiger charge is 2.44. The number of piperidine rings is 1. The highest BCUT2D eigenvalue weighted by atomic mass is 35.5. The van der Waals surface area contributed by atoms with Gasteiger partial charge in [0, 0.05) is 30.1 Å². The Morgan fingerprint density at radius 2 is 2.03 bits per heavy atom. The second kappa shape index (κ2) is 9.65. The van der Waals surface area contributed by atoms with Gasteiger partial charge in [0.1, 0.15) is 11.3 Å². The predicted octanol–water partition coefficient (Wildman–Crippen LogP) is 2.36. The van der Waals surface area contributed by atoms with E-state index in [1.165, 1.54) is 5.56 Å². The fourth-order valence-corrected chi connectivity index (χ4v) is 5.02. The third-order valence-electron chi connectivity index (χ3n) is 5.70. The maximum atomic E-state index is 11.1. The van der Waals surface area contributed by atoms with Crippen LogP contribution in [0.3, 0.4) is 0 Å². The number of nitrogens with two attached hydrogens (primary N) is 1. The monoisotopic (exact) mass is 460 g/mol. The summed E-state index contributed by atoms with van der Waals surface area (Å²) in [5.41, 5.74) is 2.10. The fourth-order valence-electron chi connectivity index (χ4n) is 4.47. The number of nitrogens with one attached hydrogen (secondary N) is 1. The minimum Gasteiger partial charge on any atom is -0.459 e. The van der Waals surface area contributed by atoms with Crippen LogP contribution in [-0.2, 0) is 16.4 Å². The molecular formula is C19H26Cl2N4O3S. The van der Waals surface area contributed by atoms with Crippen molar-refractivity contribution in [2.45, 2.75) is 31.3 Å². The van der Waals surface area contributed by atoms with Gasteiger partial charge in [-0.2, -0.15) is 5.26 Å². The SMILES string of the molecule is Cl.Cl.N#CC1[C@H]2c3oc4ccccc4c3CCN2CC[C@H]1NCCCS(N)(=O)=O. The lowest BCUT2D eigenvalue weighted by Crippen LogP contribution is -2.52. The number of sulfonamides is 1. The molecule has 4 rings (SSSR count). The van der Waals surface area contributed by atoms with Crippen LogP contribution in [0.5, 0.6) is 0 Å². The van der Waals surface area contributed by atoms with Gasteiger partial charge in [-0.1, -0.05) is 18.2 Å². The molecule has 1 saturated heterocycles. The smallest absolute Gasteiger partial charge is 0.209 e. The molecule has 1 aromatic carbocycles. The molecule has 0 radical (unpaired) electrons. The third-order valence-corrected chi connectivity index (χ3v) is 6.56. The summed E-state index contributed by atoms with van der Waals surface area (Å²) in [5, 5.41) is 19.5. The zero-order valence-electron chi connectivity index (χ0n) is 15.9. The van der Waals surface area contributed by atoms with Gasteiger partial charge >= 0.3 is 0 Å². The molecule has 1 fully saturated rings. The molecule has 1 aromatic heterocycles. The van der Waals surface area contributed by atoms with Gasteiger partial charge in [0.25, 0.3) is 0 Å². The Kier molecular flexibility index (Phi) is 7.96. The van der Waals surface area contributed by atoms with Crippen molar-refractivity contribution in [2.24, 2.45) is 11.1 Å². The molecule has 2 aromatic rings. The number of nitrogens with zero attached hydrogens (tertiary/aromatic N) is 2. The highest BCUT2D eigenvalue weighted by molar-refractivity contribution is 7.89. The second-order valence-electron chi connectivity index (χ2n) is 7.40. The van der Waals surface area contributed by atoms with Crippen molar-refractivity contribution < 1.29 is 12.8 Å². The zero-order chi connectivity index (χ0) is 19.0. The molecule has 0 amide bonds. The summed E-state index contributed by atoms with van der Waals surface area (Å²) in [6, 6.07) is 10.5. The van der Waals surface area contributed by atoms with Crippen molar-refractivity contribution in [3.63, 3.8) is 0 Å². The van der Waals surface area contributed by atoms with E-state index < -0.39 is 10.0 Å². The van der Waals surface area contributed by atoms with E-state index in [0.29, 0.717) is 13.0 Å². The number of furan rings is 1. The minimum atomic E-state index is -3.45. The number of primary sulfonamides is 1. The Bertz CT molecular complexity index is 989. The van der Waals surface area contributed by atoms with Crippen LogP contribution in [0.2, 0.25) is 0 Å². The van der Waals surface area contributed by atoms with Gasteiger partial charge in [-0.05, 0) is 31.9 Å². The van der Waals surface area contributed by atoms with E-state index in [1.54, 1.807) is 0 Å². The predicted molar refractivity (Wildman–Crippen MR) is 117 cm³/mol. The maximum Gasteiger partial charge on any atom is 0.209 e. The molecule has 0 bridgehead atoms. The molecule has 3 heterocycles. The van der Waals surface area contributed by atoms with Crippen LogP contribution in [-0.4, -0.2) is 44.7 Å². The summed E-state index contributed by atoms with van der Waals surface area (Å²) in [7, 11) is -3.45. The van der Waals surface area contributed by atoms with E-state index in [4.69, 9.17) is 9.56 Å². The number of para-hydroxylation sites is 1. The van der Waals surface area contributed by atoms with E-state index in [9.17, 15) is 13.7 Å². The van der Waals surface area contributed by atoms with Crippen molar-refractivity contribution in [1.29, 1.82) is 5.26 Å². The van der Waals surface area contributed by atoms with Gasteiger partial charge in [-0.3, -0.25) is 4.90 Å². The molecule has 3 N–H and O–H groups in total. The Morgan fingerprint density at radius 1 is 1.28 bits per heavy atom. The average molecular weight is 461 g/mol. The molecule has 29 heavy (non-hydrogen) atoms. The fraction of sp³-hybridized carbons (Fsp3) is 0.526. The molecular weight excluding hydrogens is 435 g/mol. The molecule has 7 nitrogen and oxygen atoms in total. The summed E-state index contributed by atoms with van der Waals surface area (Å²) >= 11 is 0. The lowest BCUT2D eigenvalue weighted by molar-refractivity contribution is 0.0670. The van der Waals surface area contributed by atoms with Gasteiger partial charge in [0.2, 0.25) is 10.0 Å². The van der Waals surface area contributed by atoms with Crippen molar-refractivity contribution in [2.75, 3.05) is 25.4 Å². The molecule has 1 unspecified atom stereocenters. The lowest BCUT2D eigenvalue weighted by atomic mass is 9.80. The van der Waals surface area contributed by atoms with Crippen LogP contribution in [0.4, 0.5) is 0 Å². The molecule has 0 spiro atoms. The van der Waals surface area contributed by atoms with E-state index in [0.717, 1.165) is 42.7 Å². The molecule has 10 heteroatoms. The van der Waals surface area contributed by atoms with Crippen LogP contribution in [0.15, 0.2) is 28.7 Å². The van der Waals surface area contributed by atoms with E-state index in [-0.39, 0.29) is 48.6 Å². The van der Waals surface area contributed by atoms with E-state index >= 15 is 0 Å². The van der Waals surface area contributed by atoms with E-state index in [2.05, 4.69) is 22.4 Å². The summed E-state index contributed by atoms with van der Waals surface area (Å²) in [4.78, 5) is 2.35. The first-order chi connectivity index (χ1) is 13.0. The third kappa shape index (κ3) is 4.88. The van der Waals surface area contributed by atoms with E-state index in [1.807, 2.05) is 18.2 Å². The van der Waals surface area contributed by atoms with Crippen molar-refractivity contribution in [3.8, 4) is 6.07 Å². The van der Waals surface area contributed by atoms with Crippen LogP contribution < -0.4 is 10.5 Å². The quantitative estimate of drug-likeness (QED) is 0.662. The second-order valence-corrected chi connectivity index (χ2v) is 9.13. The number of fused-ring (bicyclic) bond motifs is 5. The Morgan fingerprint density at radius 3 is 2.76 bits per heavy atom. The van der Waals surface area contributed by atoms with Gasteiger partial charge in [0.05, 0.1) is 23.8 Å². The Labute approximate surface area is 183 Å². The number of nitriles is 1. The van der Waals surface area contributed by atoms with Crippen molar-refractivity contribution in [1.82, 2.24) is 10.2 Å². The number of halogens is 2. The van der Waals surface area contributed by atoms with Crippen LogP contribution in [0.1, 0.15) is 30.2 Å². The van der Waals surface area contributed by atoms with Crippen molar-refractivity contribution >= 4 is 45.8 Å². The Hall–Kier alpha value is -1.34. The lowest BCUT2D eigenvalue weighted by Gasteiger charge is -2.44. The number of benzene rings is 1. The number of hydrogen-bond acceptors (Lipinski definition) is 6. The van der Waals surface area contributed by atoms with Gasteiger partial charge in [-0.15, -0.1) is 24.8 Å². The molecule has 160 valence electrons. The largest absolute Gasteiger partial charge is 0.459 e. The molecule has 0 saturated carbocycles. The van der Waals surface area contributed by atoms with Crippen LogP contribution in [0, 0.1) is 17.2 Å². The molecule has 3 atom stereocenters. The van der Waals surface area contributed by atoms with Crippen LogP contribution in [0.25, 0.3) is 11.0 Å². The van der Waals surface area contributed by atoms with Crippen LogP contribution >= 0.6 is 24.8 Å². The molecule has 2 aliphatic rings. The topological polar surface area (TPSA) is 112 Å². The number of rotatable bonds is 5. The first-order valence-corrected chi connectivity index (χ1v) is 11.1. The minimum absolute atomic E-state index is 0. The summed E-state index contributed by atoms with van der Waals surface area (Å²) in [5.74, 6) is 0.630. The van der Waals surface area contributed by atoms with Gasteiger partial charge in [-0.25, -0.2) is 13.6 Å². The highest BCUT2D eigenvalue weighted by Crippen LogP contribution is 2.44. The van der Waals surface area contributed by atoms with Crippen molar-refractivity contribution in [3.05, 3.63) is 35.6 Å². The summed E-state index contributed by atoms with van der Waals surface area (Å²) in [6.07, 6.45) is 2.24. The van der Waals surface area contributed by atoms with Gasteiger partial charge < -0.3 is 9.73 Å². The summed E-state index contributed by atoms with van der Waals surface area (Å²) < 4.78 is 28.4. The standard InChI is InChI=1S/C19H24N4O3S.2ClH/c20-12-15-16(22-8-3-11-27(21,24)25)7-10-23-9-6-14-13-4-1-2-5-17(13)26-19(14)18(15)23;;/h1-2,4-5,15-16,18,22H,3,6-11H2,(H2,21,24,25);2*1H/t15?,16-,18+;;/m1../s1. The maximum absolute atomic E-state index is 11.1. The Balaban J connectivity index is 0.00000150. The average Bonchev–Trinajstić information content (AvgIpc) is 3.03. The zero-order valence-corrected chi connectivity index (χ0v) is 18.4. The number of hydrogen-bond donors (Lipinski definition) is 2. The summed E-state index contributed by atoms with van der Waals surface area (Å²) in [6.45, 7) is 2.35. The normalized spacial score (nSPS) is 23.9.